The molecule has 2 saturated carbocycles. The minimum atomic E-state index is -0.390. The SMILES string of the molecule is O=C(C[C@H]1C[C@H]2CC[C@@H]1C2)OCN1C(=O)c2ccccc2C1=O. The van der Waals surface area contributed by atoms with Gasteiger partial charge in [0.1, 0.15) is 0 Å². The Labute approximate surface area is 134 Å². The number of imide groups is 1. The van der Waals surface area contributed by atoms with E-state index in [0.717, 1.165) is 17.2 Å². The molecule has 0 saturated heterocycles. The number of rotatable bonds is 4. The van der Waals surface area contributed by atoms with E-state index in [1.54, 1.807) is 24.3 Å². The van der Waals surface area contributed by atoms with Gasteiger partial charge in [-0.15, -0.1) is 0 Å². The number of carbonyl (C=O) groups excluding carboxylic acids is 3. The van der Waals surface area contributed by atoms with Gasteiger partial charge in [0, 0.05) is 6.42 Å². The Morgan fingerprint density at radius 1 is 1.09 bits per heavy atom. The first-order chi connectivity index (χ1) is 11.1. The zero-order chi connectivity index (χ0) is 16.0. The first kappa shape index (κ1) is 14.4. The fourth-order valence-corrected chi connectivity index (χ4v) is 4.39. The van der Waals surface area contributed by atoms with Gasteiger partial charge in [-0.2, -0.15) is 0 Å². The first-order valence-electron chi connectivity index (χ1n) is 8.24. The Morgan fingerprint density at radius 3 is 2.35 bits per heavy atom. The second-order valence-electron chi connectivity index (χ2n) is 6.87. The number of fused-ring (bicyclic) bond motifs is 3. The predicted octanol–water partition coefficient (Wildman–Crippen LogP) is 2.61. The van der Waals surface area contributed by atoms with Gasteiger partial charge in [-0.05, 0) is 49.1 Å². The van der Waals surface area contributed by atoms with Gasteiger partial charge >= 0.3 is 5.97 Å². The smallest absolute Gasteiger partial charge is 0.307 e. The van der Waals surface area contributed by atoms with Crippen LogP contribution in [0.5, 0.6) is 0 Å². The zero-order valence-electron chi connectivity index (χ0n) is 12.9. The number of carbonyl (C=O) groups is 3. The van der Waals surface area contributed by atoms with Crippen molar-refractivity contribution in [2.24, 2.45) is 17.8 Å². The molecule has 1 heterocycles. The van der Waals surface area contributed by atoms with Crippen LogP contribution in [0.4, 0.5) is 0 Å². The van der Waals surface area contributed by atoms with Crippen molar-refractivity contribution in [3.63, 3.8) is 0 Å². The second-order valence-corrected chi connectivity index (χ2v) is 6.87. The van der Waals surface area contributed by atoms with Crippen molar-refractivity contribution >= 4 is 17.8 Å². The van der Waals surface area contributed by atoms with E-state index in [2.05, 4.69) is 0 Å². The summed E-state index contributed by atoms with van der Waals surface area (Å²) in [5, 5.41) is 0. The van der Waals surface area contributed by atoms with E-state index in [-0.39, 0.29) is 12.7 Å². The van der Waals surface area contributed by atoms with Crippen LogP contribution in [-0.4, -0.2) is 29.4 Å². The zero-order valence-corrected chi connectivity index (χ0v) is 12.9. The molecule has 0 N–H and O–H groups in total. The minimum absolute atomic E-state index is 0.286. The van der Waals surface area contributed by atoms with Crippen molar-refractivity contribution in [3.05, 3.63) is 35.4 Å². The molecule has 2 bridgehead atoms. The van der Waals surface area contributed by atoms with E-state index in [1.165, 1.54) is 19.3 Å². The Morgan fingerprint density at radius 2 is 1.78 bits per heavy atom. The molecular formula is C18H19NO4. The molecule has 0 spiro atoms. The van der Waals surface area contributed by atoms with Crippen molar-refractivity contribution in [1.29, 1.82) is 0 Å². The number of benzene rings is 1. The highest BCUT2D eigenvalue weighted by atomic mass is 16.5. The van der Waals surface area contributed by atoms with Crippen LogP contribution in [0, 0.1) is 17.8 Å². The summed E-state index contributed by atoms with van der Waals surface area (Å²) in [5.74, 6) is 0.778. The van der Waals surface area contributed by atoms with Gasteiger partial charge in [-0.25, -0.2) is 4.90 Å². The summed E-state index contributed by atoms with van der Waals surface area (Å²) in [6, 6.07) is 6.67. The average molecular weight is 313 g/mol. The number of nitrogens with zero attached hydrogens (tertiary/aromatic N) is 1. The number of hydrogen-bond acceptors (Lipinski definition) is 4. The molecule has 3 atom stereocenters. The Bertz CT molecular complexity index is 648. The van der Waals surface area contributed by atoms with Crippen LogP contribution < -0.4 is 0 Å². The summed E-state index contributed by atoms with van der Waals surface area (Å²) in [6.45, 7) is -0.286. The number of amides is 2. The van der Waals surface area contributed by atoms with Crippen LogP contribution in [0.1, 0.15) is 52.8 Å². The molecule has 2 aliphatic carbocycles. The summed E-state index contributed by atoms with van der Waals surface area (Å²) in [6.07, 6.45) is 5.29. The normalized spacial score (nSPS) is 28.3. The molecule has 0 aromatic heterocycles. The van der Waals surface area contributed by atoms with Crippen LogP contribution in [0.3, 0.4) is 0 Å². The standard InChI is InChI=1S/C18H19NO4/c20-16(9-13-8-11-5-6-12(13)7-11)23-10-19-17(21)14-3-1-2-4-15(14)18(19)22/h1-4,11-13H,5-10H2/t11-,12+,13+/m0/s1. The van der Waals surface area contributed by atoms with Gasteiger partial charge in [0.15, 0.2) is 6.73 Å². The lowest BCUT2D eigenvalue weighted by Crippen LogP contribution is -2.33. The van der Waals surface area contributed by atoms with Gasteiger partial charge in [-0.3, -0.25) is 14.4 Å². The summed E-state index contributed by atoms with van der Waals surface area (Å²) in [5.41, 5.74) is 0.753. The van der Waals surface area contributed by atoms with Crippen molar-refractivity contribution in [1.82, 2.24) is 4.90 Å². The maximum atomic E-state index is 12.2. The van der Waals surface area contributed by atoms with E-state index in [9.17, 15) is 14.4 Å². The summed E-state index contributed by atoms with van der Waals surface area (Å²) >= 11 is 0. The number of esters is 1. The summed E-state index contributed by atoms with van der Waals surface area (Å²) < 4.78 is 5.21. The van der Waals surface area contributed by atoms with Gasteiger partial charge in [0.2, 0.25) is 0 Å². The topological polar surface area (TPSA) is 63.7 Å². The number of hydrogen-bond donors (Lipinski definition) is 0. The predicted molar refractivity (Wildman–Crippen MR) is 81.5 cm³/mol. The van der Waals surface area contributed by atoms with E-state index in [4.69, 9.17) is 4.74 Å². The molecule has 0 unspecified atom stereocenters. The highest BCUT2D eigenvalue weighted by Gasteiger charge is 2.41. The molecule has 4 rings (SSSR count). The molecule has 1 aliphatic heterocycles. The number of ether oxygens (including phenoxy) is 1. The lowest BCUT2D eigenvalue weighted by Gasteiger charge is -2.21. The van der Waals surface area contributed by atoms with E-state index < -0.39 is 11.8 Å². The minimum Gasteiger partial charge on any atom is -0.444 e. The van der Waals surface area contributed by atoms with Crippen LogP contribution in [0.2, 0.25) is 0 Å². The molecule has 120 valence electrons. The lowest BCUT2D eigenvalue weighted by molar-refractivity contribution is -0.147. The molecule has 2 amide bonds. The molecular weight excluding hydrogens is 294 g/mol. The maximum Gasteiger partial charge on any atom is 0.307 e. The molecule has 1 aromatic carbocycles. The van der Waals surface area contributed by atoms with Crippen molar-refractivity contribution < 1.29 is 19.1 Å². The highest BCUT2D eigenvalue weighted by Crippen LogP contribution is 2.49. The molecule has 5 nitrogen and oxygen atoms in total. The van der Waals surface area contributed by atoms with Crippen LogP contribution in [0.15, 0.2) is 24.3 Å². The fourth-order valence-electron chi connectivity index (χ4n) is 4.39. The molecule has 0 radical (unpaired) electrons. The second kappa shape index (κ2) is 5.48. The van der Waals surface area contributed by atoms with Gasteiger partial charge < -0.3 is 4.74 Å². The van der Waals surface area contributed by atoms with E-state index in [0.29, 0.717) is 29.4 Å². The third kappa shape index (κ3) is 2.44. The van der Waals surface area contributed by atoms with Gasteiger partial charge in [0.05, 0.1) is 11.1 Å². The Kier molecular flexibility index (Phi) is 3.43. The van der Waals surface area contributed by atoms with Gasteiger partial charge in [0.25, 0.3) is 11.8 Å². The Hall–Kier alpha value is -2.17. The largest absolute Gasteiger partial charge is 0.444 e. The molecule has 2 fully saturated rings. The Balaban J connectivity index is 1.34. The lowest BCUT2D eigenvalue weighted by atomic mass is 9.86. The van der Waals surface area contributed by atoms with Crippen LogP contribution >= 0.6 is 0 Å². The maximum absolute atomic E-state index is 12.2. The summed E-state index contributed by atoms with van der Waals surface area (Å²) in [7, 11) is 0. The third-order valence-electron chi connectivity index (χ3n) is 5.55. The average Bonchev–Trinajstić information content (AvgIpc) is 3.22. The van der Waals surface area contributed by atoms with E-state index >= 15 is 0 Å². The van der Waals surface area contributed by atoms with Crippen LogP contribution in [-0.2, 0) is 9.53 Å². The molecule has 5 heteroatoms. The monoisotopic (exact) mass is 313 g/mol. The summed E-state index contributed by atoms with van der Waals surface area (Å²) in [4.78, 5) is 37.4. The third-order valence-corrected chi connectivity index (χ3v) is 5.55. The van der Waals surface area contributed by atoms with Crippen molar-refractivity contribution in [2.45, 2.75) is 32.1 Å². The highest BCUT2D eigenvalue weighted by molar-refractivity contribution is 6.21. The molecule has 1 aromatic rings. The molecule has 3 aliphatic rings. The van der Waals surface area contributed by atoms with Gasteiger partial charge in [-0.1, -0.05) is 18.6 Å². The quantitative estimate of drug-likeness (QED) is 0.633. The van der Waals surface area contributed by atoms with Crippen LogP contribution in [0.25, 0.3) is 0 Å². The molecule has 23 heavy (non-hydrogen) atoms. The fraction of sp³-hybridized carbons (Fsp3) is 0.500. The van der Waals surface area contributed by atoms with E-state index in [1.807, 2.05) is 0 Å². The van der Waals surface area contributed by atoms with Crippen molar-refractivity contribution in [2.75, 3.05) is 6.73 Å². The first-order valence-corrected chi connectivity index (χ1v) is 8.24. The van der Waals surface area contributed by atoms with Crippen molar-refractivity contribution in [3.8, 4) is 0 Å².